The number of ether oxygens (including phenoxy) is 1. The predicted molar refractivity (Wildman–Crippen MR) is 112 cm³/mol. The SMILES string of the molecule is C[C@H](OC(=O)CN1CCCCCC1=O)C(=O)Nc1ccc(N2CCCCC2)cc1. The number of carbonyl (C=O) groups is 3. The molecule has 2 aliphatic heterocycles. The molecule has 29 heavy (non-hydrogen) atoms. The first-order valence-corrected chi connectivity index (χ1v) is 10.7. The summed E-state index contributed by atoms with van der Waals surface area (Å²) in [6.07, 6.45) is 6.00. The largest absolute Gasteiger partial charge is 0.451 e. The third-order valence-corrected chi connectivity index (χ3v) is 5.52. The van der Waals surface area contributed by atoms with E-state index < -0.39 is 12.1 Å². The Kier molecular flexibility index (Phi) is 7.49. The molecule has 7 heteroatoms. The summed E-state index contributed by atoms with van der Waals surface area (Å²) < 4.78 is 5.24. The first-order chi connectivity index (χ1) is 14.0. The van der Waals surface area contributed by atoms with Crippen molar-refractivity contribution in [3.05, 3.63) is 24.3 Å². The molecular weight excluding hydrogens is 370 g/mol. The Bertz CT molecular complexity index is 713. The van der Waals surface area contributed by atoms with E-state index in [0.717, 1.165) is 38.0 Å². The average molecular weight is 402 g/mol. The van der Waals surface area contributed by atoms with Gasteiger partial charge in [-0.25, -0.2) is 0 Å². The molecule has 2 fully saturated rings. The molecule has 2 saturated heterocycles. The zero-order valence-corrected chi connectivity index (χ0v) is 17.2. The molecule has 1 atom stereocenters. The number of nitrogens with one attached hydrogen (secondary N) is 1. The third-order valence-electron chi connectivity index (χ3n) is 5.52. The van der Waals surface area contributed by atoms with Gasteiger partial charge in [0.15, 0.2) is 6.10 Å². The van der Waals surface area contributed by atoms with Crippen molar-refractivity contribution in [2.75, 3.05) is 36.4 Å². The van der Waals surface area contributed by atoms with Crippen LogP contribution < -0.4 is 10.2 Å². The van der Waals surface area contributed by atoms with Gasteiger partial charge in [0.05, 0.1) is 0 Å². The molecule has 3 rings (SSSR count). The van der Waals surface area contributed by atoms with Crippen LogP contribution in [0.1, 0.15) is 51.9 Å². The summed E-state index contributed by atoms with van der Waals surface area (Å²) >= 11 is 0. The number of likely N-dealkylation sites (tertiary alicyclic amines) is 1. The van der Waals surface area contributed by atoms with E-state index in [9.17, 15) is 14.4 Å². The second-order valence-corrected chi connectivity index (χ2v) is 7.84. The Hall–Kier alpha value is -2.57. The molecule has 2 heterocycles. The van der Waals surface area contributed by atoms with Gasteiger partial charge in [-0.1, -0.05) is 6.42 Å². The second-order valence-electron chi connectivity index (χ2n) is 7.84. The van der Waals surface area contributed by atoms with Gasteiger partial charge in [0.1, 0.15) is 6.54 Å². The van der Waals surface area contributed by atoms with Gasteiger partial charge in [-0.05, 0) is 63.3 Å². The van der Waals surface area contributed by atoms with E-state index in [1.165, 1.54) is 24.2 Å². The number of hydrogen-bond acceptors (Lipinski definition) is 5. The molecule has 7 nitrogen and oxygen atoms in total. The van der Waals surface area contributed by atoms with Gasteiger partial charge < -0.3 is 19.9 Å². The summed E-state index contributed by atoms with van der Waals surface area (Å²) in [7, 11) is 0. The van der Waals surface area contributed by atoms with Gasteiger partial charge in [0.2, 0.25) is 5.91 Å². The monoisotopic (exact) mass is 401 g/mol. The summed E-state index contributed by atoms with van der Waals surface area (Å²) in [6, 6.07) is 7.74. The lowest BCUT2D eigenvalue weighted by Crippen LogP contribution is -2.38. The van der Waals surface area contributed by atoms with Crippen molar-refractivity contribution in [1.29, 1.82) is 0 Å². The number of anilines is 2. The van der Waals surface area contributed by atoms with Crippen LogP contribution in [0, 0.1) is 0 Å². The van der Waals surface area contributed by atoms with E-state index in [2.05, 4.69) is 10.2 Å². The van der Waals surface area contributed by atoms with Gasteiger partial charge in [0.25, 0.3) is 5.91 Å². The van der Waals surface area contributed by atoms with E-state index in [-0.39, 0.29) is 18.4 Å². The van der Waals surface area contributed by atoms with E-state index in [4.69, 9.17) is 4.74 Å². The third kappa shape index (κ3) is 6.21. The average Bonchev–Trinajstić information content (AvgIpc) is 2.93. The van der Waals surface area contributed by atoms with Crippen molar-refractivity contribution in [2.45, 2.75) is 58.0 Å². The van der Waals surface area contributed by atoms with Crippen LogP contribution in [0.25, 0.3) is 0 Å². The van der Waals surface area contributed by atoms with Gasteiger partial charge in [-0.15, -0.1) is 0 Å². The molecule has 0 aliphatic carbocycles. The van der Waals surface area contributed by atoms with Crippen LogP contribution in [0.2, 0.25) is 0 Å². The van der Waals surface area contributed by atoms with E-state index in [1.807, 2.05) is 24.3 Å². The first-order valence-electron chi connectivity index (χ1n) is 10.7. The molecule has 0 saturated carbocycles. The van der Waals surface area contributed by atoms with Crippen LogP contribution in [-0.2, 0) is 19.1 Å². The number of carbonyl (C=O) groups excluding carboxylic acids is 3. The number of nitrogens with zero attached hydrogens (tertiary/aromatic N) is 2. The lowest BCUT2D eigenvalue weighted by molar-refractivity contribution is -0.156. The maximum atomic E-state index is 12.4. The molecule has 1 aromatic carbocycles. The van der Waals surface area contributed by atoms with Gasteiger partial charge in [-0.3, -0.25) is 14.4 Å². The number of esters is 1. The van der Waals surface area contributed by atoms with Crippen LogP contribution >= 0.6 is 0 Å². The fourth-order valence-corrected chi connectivity index (χ4v) is 3.80. The molecule has 0 unspecified atom stereocenters. The highest BCUT2D eigenvalue weighted by Crippen LogP contribution is 2.22. The van der Waals surface area contributed by atoms with Crippen LogP contribution in [0.3, 0.4) is 0 Å². The standard InChI is InChI=1S/C22H31N3O4/c1-17(29-21(27)16-25-15-5-2-4-8-20(25)26)22(28)23-18-9-11-19(12-10-18)24-13-6-3-7-14-24/h9-12,17H,2-8,13-16H2,1H3,(H,23,28)/t17-/m0/s1. The highest BCUT2D eigenvalue weighted by Gasteiger charge is 2.23. The minimum atomic E-state index is -0.925. The second kappa shape index (κ2) is 10.3. The minimum absolute atomic E-state index is 0.0228. The zero-order valence-electron chi connectivity index (χ0n) is 17.2. The number of hydrogen-bond donors (Lipinski definition) is 1. The Morgan fingerprint density at radius 3 is 2.38 bits per heavy atom. The molecule has 1 aromatic rings. The van der Waals surface area contributed by atoms with E-state index in [0.29, 0.717) is 18.7 Å². The van der Waals surface area contributed by atoms with Gasteiger partial charge in [-0.2, -0.15) is 0 Å². The van der Waals surface area contributed by atoms with Crippen molar-refractivity contribution in [2.24, 2.45) is 0 Å². The summed E-state index contributed by atoms with van der Waals surface area (Å²) in [5.41, 5.74) is 1.82. The van der Waals surface area contributed by atoms with Crippen LogP contribution in [-0.4, -0.2) is 55.0 Å². The lowest BCUT2D eigenvalue weighted by Gasteiger charge is -2.28. The maximum Gasteiger partial charge on any atom is 0.326 e. The highest BCUT2D eigenvalue weighted by atomic mass is 16.5. The molecular formula is C22H31N3O4. The molecule has 158 valence electrons. The topological polar surface area (TPSA) is 78.9 Å². The molecule has 2 aliphatic rings. The van der Waals surface area contributed by atoms with Crippen molar-refractivity contribution in [1.82, 2.24) is 4.90 Å². The Balaban J connectivity index is 1.46. The fraction of sp³-hybridized carbons (Fsp3) is 0.591. The molecule has 2 amide bonds. The summed E-state index contributed by atoms with van der Waals surface area (Å²) in [5, 5.41) is 2.78. The van der Waals surface area contributed by atoms with E-state index >= 15 is 0 Å². The van der Waals surface area contributed by atoms with Crippen LogP contribution in [0.4, 0.5) is 11.4 Å². The number of amides is 2. The normalized spacial score (nSPS) is 18.7. The first kappa shape index (κ1) is 21.1. The summed E-state index contributed by atoms with van der Waals surface area (Å²) in [5.74, 6) is -0.958. The van der Waals surface area contributed by atoms with Crippen molar-refractivity contribution in [3.63, 3.8) is 0 Å². The molecule has 0 aromatic heterocycles. The maximum absolute atomic E-state index is 12.4. The number of rotatable bonds is 6. The smallest absolute Gasteiger partial charge is 0.326 e. The van der Waals surface area contributed by atoms with Crippen molar-refractivity contribution in [3.8, 4) is 0 Å². The summed E-state index contributed by atoms with van der Waals surface area (Å²) in [6.45, 7) is 4.15. The van der Waals surface area contributed by atoms with Gasteiger partial charge in [0, 0.05) is 37.4 Å². The Morgan fingerprint density at radius 2 is 1.66 bits per heavy atom. The summed E-state index contributed by atoms with van der Waals surface area (Å²) in [4.78, 5) is 40.4. The molecule has 1 N–H and O–H groups in total. The number of benzene rings is 1. The molecule has 0 radical (unpaired) electrons. The van der Waals surface area contributed by atoms with Crippen molar-refractivity contribution >= 4 is 29.2 Å². The number of piperidine rings is 1. The Morgan fingerprint density at radius 1 is 1.00 bits per heavy atom. The minimum Gasteiger partial charge on any atom is -0.451 e. The van der Waals surface area contributed by atoms with Crippen LogP contribution in [0.15, 0.2) is 24.3 Å². The van der Waals surface area contributed by atoms with Crippen LogP contribution in [0.5, 0.6) is 0 Å². The van der Waals surface area contributed by atoms with Gasteiger partial charge >= 0.3 is 5.97 Å². The highest BCUT2D eigenvalue weighted by molar-refractivity contribution is 5.95. The molecule has 0 bridgehead atoms. The quantitative estimate of drug-likeness (QED) is 0.742. The Labute approximate surface area is 172 Å². The lowest BCUT2D eigenvalue weighted by atomic mass is 10.1. The molecule has 0 spiro atoms. The fourth-order valence-electron chi connectivity index (χ4n) is 3.80. The predicted octanol–water partition coefficient (Wildman–Crippen LogP) is 2.95. The van der Waals surface area contributed by atoms with Crippen molar-refractivity contribution < 1.29 is 19.1 Å². The zero-order chi connectivity index (χ0) is 20.6. The van der Waals surface area contributed by atoms with E-state index in [1.54, 1.807) is 6.92 Å².